The third-order valence-electron chi connectivity index (χ3n) is 2.97. The third kappa shape index (κ3) is 6.43. The summed E-state index contributed by atoms with van der Waals surface area (Å²) in [5.74, 6) is 0. The maximum absolute atomic E-state index is 12.0. The van der Waals surface area contributed by atoms with Crippen molar-refractivity contribution in [2.24, 2.45) is 0 Å². The van der Waals surface area contributed by atoms with Gasteiger partial charge in [-0.3, -0.25) is 4.72 Å². The molecular weight excluding hydrogens is 290 g/mol. The fraction of sp³-hybridized carbons (Fsp3) is 0.571. The van der Waals surface area contributed by atoms with E-state index in [2.05, 4.69) is 21.7 Å². The predicted molar refractivity (Wildman–Crippen MR) is 85.6 cm³/mol. The molecule has 1 aromatic rings. The number of hydrogen-bond acceptors (Lipinski definition) is 4. The van der Waals surface area contributed by atoms with Gasteiger partial charge in [0.15, 0.2) is 0 Å². The van der Waals surface area contributed by atoms with E-state index in [0.29, 0.717) is 12.3 Å². The van der Waals surface area contributed by atoms with Crippen molar-refractivity contribution in [2.45, 2.75) is 26.3 Å². The van der Waals surface area contributed by atoms with Crippen LogP contribution in [0.4, 0.5) is 5.69 Å². The van der Waals surface area contributed by atoms with Crippen LogP contribution in [0.1, 0.15) is 31.9 Å². The monoisotopic (exact) mass is 315 g/mol. The van der Waals surface area contributed by atoms with Gasteiger partial charge in [0.1, 0.15) is 0 Å². The Labute approximate surface area is 127 Å². The predicted octanol–water partition coefficient (Wildman–Crippen LogP) is 1.64. The molecule has 0 radical (unpaired) electrons. The Morgan fingerprint density at radius 1 is 1.24 bits per heavy atom. The smallest absolute Gasteiger partial charge is 0.299 e. The maximum Gasteiger partial charge on any atom is 0.299 e. The topological polar surface area (TPSA) is 79.5 Å². The van der Waals surface area contributed by atoms with Crippen molar-refractivity contribution < 1.29 is 13.2 Å². The van der Waals surface area contributed by atoms with Gasteiger partial charge >= 0.3 is 0 Å². The number of rotatable bonds is 10. The van der Waals surface area contributed by atoms with E-state index < -0.39 is 10.2 Å². The number of methoxy groups -OCH3 is 1. The van der Waals surface area contributed by atoms with Gasteiger partial charge in [-0.25, -0.2) is 0 Å². The molecule has 1 aromatic carbocycles. The van der Waals surface area contributed by atoms with Crippen LogP contribution < -0.4 is 14.8 Å². The van der Waals surface area contributed by atoms with E-state index in [1.807, 2.05) is 25.1 Å². The van der Waals surface area contributed by atoms with Crippen LogP contribution in [0.15, 0.2) is 24.3 Å². The molecule has 0 aliphatic rings. The highest BCUT2D eigenvalue weighted by Crippen LogP contribution is 2.23. The summed E-state index contributed by atoms with van der Waals surface area (Å²) in [5.41, 5.74) is 1.50. The highest BCUT2D eigenvalue weighted by molar-refractivity contribution is 7.90. The van der Waals surface area contributed by atoms with Crippen molar-refractivity contribution in [3.05, 3.63) is 29.8 Å². The molecular formula is C14H25N3O3S. The Morgan fingerprint density at radius 3 is 2.62 bits per heavy atom. The molecule has 3 N–H and O–H groups in total. The zero-order valence-corrected chi connectivity index (χ0v) is 13.7. The molecule has 1 unspecified atom stereocenters. The molecule has 0 aliphatic heterocycles. The first-order chi connectivity index (χ1) is 10.00. The van der Waals surface area contributed by atoms with Gasteiger partial charge in [-0.05, 0) is 31.5 Å². The summed E-state index contributed by atoms with van der Waals surface area (Å²) in [6, 6.07) is 7.45. The van der Waals surface area contributed by atoms with Gasteiger partial charge in [0.2, 0.25) is 0 Å². The lowest BCUT2D eigenvalue weighted by molar-refractivity contribution is 0.204. The first-order valence-electron chi connectivity index (χ1n) is 7.08. The summed E-state index contributed by atoms with van der Waals surface area (Å²) in [5, 5.41) is 3.35. The number of para-hydroxylation sites is 1. The molecule has 0 amide bonds. The molecule has 0 aliphatic carbocycles. The summed E-state index contributed by atoms with van der Waals surface area (Å²) < 4.78 is 33.8. The lowest BCUT2D eigenvalue weighted by atomic mass is 10.1. The number of benzene rings is 1. The van der Waals surface area contributed by atoms with Gasteiger partial charge in [-0.2, -0.15) is 13.1 Å². The van der Waals surface area contributed by atoms with Crippen LogP contribution in [0.25, 0.3) is 0 Å². The number of hydrogen-bond donors (Lipinski definition) is 3. The Bertz CT molecular complexity index is 520. The molecule has 0 heterocycles. The molecule has 7 heteroatoms. The zero-order valence-electron chi connectivity index (χ0n) is 12.8. The molecule has 0 saturated carbocycles. The Hall–Kier alpha value is -1.15. The molecule has 120 valence electrons. The van der Waals surface area contributed by atoms with Crippen molar-refractivity contribution in [2.75, 3.05) is 31.5 Å². The second-order valence-corrected chi connectivity index (χ2v) is 6.26. The lowest BCUT2D eigenvalue weighted by Crippen LogP contribution is -2.33. The lowest BCUT2D eigenvalue weighted by Gasteiger charge is -2.19. The molecule has 21 heavy (non-hydrogen) atoms. The average Bonchev–Trinajstić information content (AvgIpc) is 2.45. The molecule has 0 bridgehead atoms. The van der Waals surface area contributed by atoms with Gasteiger partial charge in [-0.15, -0.1) is 0 Å². The fourth-order valence-electron chi connectivity index (χ4n) is 1.90. The van der Waals surface area contributed by atoms with Gasteiger partial charge in [0.25, 0.3) is 10.2 Å². The molecule has 0 spiro atoms. The zero-order chi connectivity index (χ0) is 15.7. The highest BCUT2D eigenvalue weighted by atomic mass is 32.2. The molecule has 0 saturated heterocycles. The molecule has 1 rings (SSSR count). The normalized spacial score (nSPS) is 13.1. The van der Waals surface area contributed by atoms with E-state index in [-0.39, 0.29) is 12.6 Å². The molecule has 0 aromatic heterocycles. The quantitative estimate of drug-likeness (QED) is 0.574. The van der Waals surface area contributed by atoms with Crippen LogP contribution in [-0.2, 0) is 14.9 Å². The Balaban J connectivity index is 2.78. The Kier molecular flexibility index (Phi) is 7.66. The van der Waals surface area contributed by atoms with Gasteiger partial charge in [0, 0.05) is 19.7 Å². The summed E-state index contributed by atoms with van der Waals surface area (Å²) in [6.07, 6.45) is 1.02. The van der Waals surface area contributed by atoms with Gasteiger partial charge in [-0.1, -0.05) is 25.1 Å². The largest absolute Gasteiger partial charge is 0.383 e. The first-order valence-corrected chi connectivity index (χ1v) is 8.57. The van der Waals surface area contributed by atoms with Crippen molar-refractivity contribution in [3.8, 4) is 0 Å². The standard InChI is InChI=1S/C14H25N3O3S/c1-4-9-15-12(2)13-7-5-6-8-14(13)17-21(18,19)16-10-11-20-3/h5-8,12,15-17H,4,9-11H2,1-3H3. The van der Waals surface area contributed by atoms with Crippen molar-refractivity contribution >= 4 is 15.9 Å². The van der Waals surface area contributed by atoms with Crippen LogP contribution in [0, 0.1) is 0 Å². The van der Waals surface area contributed by atoms with Crippen LogP contribution >= 0.6 is 0 Å². The van der Waals surface area contributed by atoms with Crippen LogP contribution in [0.2, 0.25) is 0 Å². The third-order valence-corrected chi connectivity index (χ3v) is 4.04. The molecule has 6 nitrogen and oxygen atoms in total. The fourth-order valence-corrected chi connectivity index (χ4v) is 2.80. The highest BCUT2D eigenvalue weighted by Gasteiger charge is 2.14. The minimum absolute atomic E-state index is 0.0721. The van der Waals surface area contributed by atoms with Gasteiger partial charge < -0.3 is 10.1 Å². The number of ether oxygens (including phenoxy) is 1. The first kappa shape index (κ1) is 17.9. The van der Waals surface area contributed by atoms with Crippen molar-refractivity contribution in [1.82, 2.24) is 10.0 Å². The van der Waals surface area contributed by atoms with E-state index in [1.165, 1.54) is 7.11 Å². The summed E-state index contributed by atoms with van der Waals surface area (Å²) in [6.45, 7) is 5.55. The maximum atomic E-state index is 12.0. The van der Waals surface area contributed by atoms with E-state index in [1.54, 1.807) is 6.07 Å². The van der Waals surface area contributed by atoms with Crippen LogP contribution in [-0.4, -0.2) is 35.2 Å². The van der Waals surface area contributed by atoms with E-state index in [4.69, 9.17) is 4.74 Å². The number of nitrogens with one attached hydrogen (secondary N) is 3. The summed E-state index contributed by atoms with van der Waals surface area (Å²) in [7, 11) is -2.07. The van der Waals surface area contributed by atoms with E-state index in [0.717, 1.165) is 18.5 Å². The summed E-state index contributed by atoms with van der Waals surface area (Å²) >= 11 is 0. The average molecular weight is 315 g/mol. The minimum Gasteiger partial charge on any atom is -0.383 e. The second-order valence-electron chi connectivity index (χ2n) is 4.76. The van der Waals surface area contributed by atoms with E-state index in [9.17, 15) is 8.42 Å². The van der Waals surface area contributed by atoms with E-state index >= 15 is 0 Å². The SMILES string of the molecule is CCCNC(C)c1ccccc1NS(=O)(=O)NCCOC. The minimum atomic E-state index is -3.59. The summed E-state index contributed by atoms with van der Waals surface area (Å²) in [4.78, 5) is 0. The van der Waals surface area contributed by atoms with Crippen molar-refractivity contribution in [3.63, 3.8) is 0 Å². The molecule has 1 atom stereocenters. The molecule has 0 fully saturated rings. The van der Waals surface area contributed by atoms with Crippen molar-refractivity contribution in [1.29, 1.82) is 0 Å². The van der Waals surface area contributed by atoms with Crippen LogP contribution in [0.3, 0.4) is 0 Å². The Morgan fingerprint density at radius 2 is 1.95 bits per heavy atom. The van der Waals surface area contributed by atoms with Gasteiger partial charge in [0.05, 0.1) is 12.3 Å². The number of anilines is 1. The van der Waals surface area contributed by atoms with Crippen LogP contribution in [0.5, 0.6) is 0 Å². The second kappa shape index (κ2) is 8.99.